The van der Waals surface area contributed by atoms with Crippen molar-refractivity contribution < 1.29 is 0 Å². The lowest BCUT2D eigenvalue weighted by Crippen LogP contribution is -1.83. The van der Waals surface area contributed by atoms with E-state index in [0.717, 1.165) is 16.9 Å². The monoisotopic (exact) mass is 181 g/mol. The third-order valence-electron chi connectivity index (χ3n) is 1.36. The van der Waals surface area contributed by atoms with E-state index in [1.807, 2.05) is 24.3 Å². The Morgan fingerprint density at radius 2 is 2.18 bits per heavy atom. The number of nitriles is 1. The summed E-state index contributed by atoms with van der Waals surface area (Å²) in [7, 11) is 1.43. The molecule has 1 aromatic rings. The number of rotatable bonds is 2. The van der Waals surface area contributed by atoms with Gasteiger partial charge in [0, 0.05) is 5.75 Å². The van der Waals surface area contributed by atoms with Crippen molar-refractivity contribution in [3.05, 3.63) is 35.4 Å². The van der Waals surface area contributed by atoms with Gasteiger partial charge in [-0.25, -0.2) is 0 Å². The van der Waals surface area contributed by atoms with Crippen LogP contribution in [0.3, 0.4) is 0 Å². The van der Waals surface area contributed by atoms with Gasteiger partial charge in [0.1, 0.15) is 0 Å². The fraction of sp³-hybridized carbons (Fsp3) is 0.125. The van der Waals surface area contributed by atoms with Crippen molar-refractivity contribution in [1.82, 2.24) is 0 Å². The Kier molecular flexibility index (Phi) is 3.34. The zero-order valence-electron chi connectivity index (χ0n) is 5.82. The largest absolute Gasteiger partial charge is 0.192 e. The van der Waals surface area contributed by atoms with Crippen LogP contribution >= 0.6 is 22.5 Å². The average Bonchev–Trinajstić information content (AvgIpc) is 2.06. The molecule has 0 amide bonds. The first-order chi connectivity index (χ1) is 5.38. The van der Waals surface area contributed by atoms with Crippen LogP contribution in [-0.4, -0.2) is 0 Å². The summed E-state index contributed by atoms with van der Waals surface area (Å²) < 4.78 is 0. The van der Waals surface area contributed by atoms with E-state index in [4.69, 9.17) is 5.26 Å². The topological polar surface area (TPSA) is 23.8 Å². The summed E-state index contributed by atoms with van der Waals surface area (Å²) in [6.07, 6.45) is 0. The van der Waals surface area contributed by atoms with E-state index in [-0.39, 0.29) is 0 Å². The van der Waals surface area contributed by atoms with Crippen molar-refractivity contribution in [3.8, 4) is 6.07 Å². The lowest BCUT2D eigenvalue weighted by atomic mass is 10.1. The molecule has 0 unspecified atom stereocenters. The molecule has 0 aliphatic carbocycles. The molecule has 1 nitrogen and oxygen atoms in total. The maximum atomic E-state index is 8.66. The molecule has 0 aliphatic heterocycles. The zero-order chi connectivity index (χ0) is 8.10. The quantitative estimate of drug-likeness (QED) is 0.560. The number of benzene rings is 1. The lowest BCUT2D eigenvalue weighted by molar-refractivity contribution is 1.36. The molecule has 0 atom stereocenters. The summed E-state index contributed by atoms with van der Waals surface area (Å²) in [4.78, 5) is 0. The molecule has 0 fully saturated rings. The molecule has 56 valence electrons. The minimum atomic E-state index is 0.744. The molecule has 0 spiro atoms. The Labute approximate surface area is 75.2 Å². The molecule has 0 N–H and O–H groups in total. The van der Waals surface area contributed by atoms with Gasteiger partial charge >= 0.3 is 0 Å². The number of nitrogens with zero attached hydrogens (tertiary/aromatic N) is 1. The first-order valence-corrected chi connectivity index (χ1v) is 5.16. The molecule has 0 saturated carbocycles. The molecular weight excluding hydrogens is 174 g/mol. The second-order valence-electron chi connectivity index (χ2n) is 2.04. The standard InChI is InChI=1S/C8H7NS2/c9-5-7-3-1-2-4-8(7)6-11-10/h1-4,10H,6H2. The van der Waals surface area contributed by atoms with Crippen LogP contribution in [0.25, 0.3) is 0 Å². The van der Waals surface area contributed by atoms with E-state index in [0.29, 0.717) is 0 Å². The molecule has 0 bridgehead atoms. The van der Waals surface area contributed by atoms with Gasteiger partial charge in [0.05, 0.1) is 11.6 Å². The summed E-state index contributed by atoms with van der Waals surface area (Å²) in [6, 6.07) is 9.70. The van der Waals surface area contributed by atoms with Gasteiger partial charge in [-0.2, -0.15) is 5.26 Å². The van der Waals surface area contributed by atoms with Crippen LogP contribution in [0, 0.1) is 11.3 Å². The van der Waals surface area contributed by atoms with Gasteiger partial charge in [-0.15, -0.1) is 11.7 Å². The van der Waals surface area contributed by atoms with Gasteiger partial charge in [0.25, 0.3) is 0 Å². The highest BCUT2D eigenvalue weighted by atomic mass is 33.1. The Bertz CT molecular complexity index is 278. The van der Waals surface area contributed by atoms with Crippen molar-refractivity contribution in [2.45, 2.75) is 5.75 Å². The molecule has 11 heavy (non-hydrogen) atoms. The molecule has 3 heteroatoms. The minimum absolute atomic E-state index is 0.744. The fourth-order valence-electron chi connectivity index (χ4n) is 0.825. The molecule has 0 heterocycles. The van der Waals surface area contributed by atoms with Crippen LogP contribution in [0.15, 0.2) is 24.3 Å². The Hall–Kier alpha value is -0.590. The fourth-order valence-corrected chi connectivity index (χ4v) is 1.63. The van der Waals surface area contributed by atoms with Crippen LogP contribution < -0.4 is 0 Å². The summed E-state index contributed by atoms with van der Waals surface area (Å²) in [5, 5.41) is 8.66. The Balaban J connectivity index is 2.95. The zero-order valence-corrected chi connectivity index (χ0v) is 7.53. The summed E-state index contributed by atoms with van der Waals surface area (Å²) in [5.74, 6) is 0.785. The smallest absolute Gasteiger partial charge is 0.0994 e. The van der Waals surface area contributed by atoms with Crippen LogP contribution in [0.1, 0.15) is 11.1 Å². The summed E-state index contributed by atoms with van der Waals surface area (Å²) >= 11 is 4.03. The van der Waals surface area contributed by atoms with Gasteiger partial charge in [0.2, 0.25) is 0 Å². The van der Waals surface area contributed by atoms with E-state index < -0.39 is 0 Å². The van der Waals surface area contributed by atoms with Crippen LogP contribution in [0.2, 0.25) is 0 Å². The van der Waals surface area contributed by atoms with E-state index >= 15 is 0 Å². The van der Waals surface area contributed by atoms with Crippen LogP contribution in [0.4, 0.5) is 0 Å². The predicted octanol–water partition coefficient (Wildman–Crippen LogP) is 2.64. The van der Waals surface area contributed by atoms with Crippen LogP contribution in [0.5, 0.6) is 0 Å². The molecule has 0 saturated heterocycles. The van der Waals surface area contributed by atoms with Gasteiger partial charge < -0.3 is 0 Å². The normalized spacial score (nSPS) is 9.09. The van der Waals surface area contributed by atoms with Crippen molar-refractivity contribution in [3.63, 3.8) is 0 Å². The molecular formula is C8H7NS2. The second kappa shape index (κ2) is 4.32. The molecule has 1 rings (SSSR count). The first-order valence-electron chi connectivity index (χ1n) is 3.13. The van der Waals surface area contributed by atoms with Gasteiger partial charge in [0.15, 0.2) is 0 Å². The third kappa shape index (κ3) is 2.18. The lowest BCUT2D eigenvalue weighted by Gasteiger charge is -1.98. The summed E-state index contributed by atoms with van der Waals surface area (Å²) in [5.41, 5.74) is 1.80. The highest BCUT2D eigenvalue weighted by Crippen LogP contribution is 2.17. The van der Waals surface area contributed by atoms with E-state index in [1.165, 1.54) is 10.8 Å². The van der Waals surface area contributed by atoms with Crippen molar-refractivity contribution in [2.24, 2.45) is 0 Å². The SMILES string of the molecule is N#Cc1ccccc1CSS. The molecule has 0 aromatic heterocycles. The van der Waals surface area contributed by atoms with Gasteiger partial charge in [-0.3, -0.25) is 0 Å². The summed E-state index contributed by atoms with van der Waals surface area (Å²) in [6.45, 7) is 0. The average molecular weight is 181 g/mol. The maximum absolute atomic E-state index is 8.66. The number of hydrogen-bond acceptors (Lipinski definition) is 3. The van der Waals surface area contributed by atoms with Crippen LogP contribution in [-0.2, 0) is 5.75 Å². The molecule has 1 aromatic carbocycles. The molecule has 0 aliphatic rings. The van der Waals surface area contributed by atoms with Crippen molar-refractivity contribution in [2.75, 3.05) is 0 Å². The van der Waals surface area contributed by atoms with E-state index in [2.05, 4.69) is 17.7 Å². The second-order valence-corrected chi connectivity index (χ2v) is 3.36. The Morgan fingerprint density at radius 3 is 2.82 bits per heavy atom. The Morgan fingerprint density at radius 1 is 1.45 bits per heavy atom. The third-order valence-corrected chi connectivity index (χ3v) is 2.19. The van der Waals surface area contributed by atoms with Crippen molar-refractivity contribution >= 4 is 22.5 Å². The minimum Gasteiger partial charge on any atom is -0.192 e. The highest BCUT2D eigenvalue weighted by molar-refractivity contribution is 8.68. The predicted molar refractivity (Wildman–Crippen MR) is 51.4 cm³/mol. The highest BCUT2D eigenvalue weighted by Gasteiger charge is 1.97. The number of hydrogen-bond donors (Lipinski definition) is 1. The molecule has 0 radical (unpaired) electrons. The van der Waals surface area contributed by atoms with E-state index in [9.17, 15) is 0 Å². The van der Waals surface area contributed by atoms with Crippen molar-refractivity contribution in [1.29, 1.82) is 5.26 Å². The van der Waals surface area contributed by atoms with Gasteiger partial charge in [-0.1, -0.05) is 29.0 Å². The van der Waals surface area contributed by atoms with Gasteiger partial charge in [-0.05, 0) is 11.6 Å². The van der Waals surface area contributed by atoms with E-state index in [1.54, 1.807) is 0 Å². The first kappa shape index (κ1) is 8.51. The number of thiol groups is 1. The maximum Gasteiger partial charge on any atom is 0.0994 e.